The third kappa shape index (κ3) is 1.35. The van der Waals surface area contributed by atoms with Gasteiger partial charge in [0, 0.05) is 12.4 Å². The minimum Gasteiger partial charge on any atom is -0.295 e. The third-order valence-corrected chi connectivity index (χ3v) is 1.57. The van der Waals surface area contributed by atoms with E-state index in [-0.39, 0.29) is 0 Å². The standard InChI is InChI=1S/C5H5NS2/c7-5-8-6-3-1-2-4-6/h1-5H. The van der Waals surface area contributed by atoms with Crippen molar-refractivity contribution >= 4 is 28.9 Å². The quantitative estimate of drug-likeness (QED) is 0.583. The summed E-state index contributed by atoms with van der Waals surface area (Å²) < 4.78 is 3.56. The van der Waals surface area contributed by atoms with E-state index in [2.05, 4.69) is 12.2 Å². The van der Waals surface area contributed by atoms with Crippen LogP contribution in [-0.4, -0.2) is 8.67 Å². The Kier molecular flexibility index (Phi) is 2.11. The Balaban J connectivity index is 2.62. The van der Waals surface area contributed by atoms with Gasteiger partial charge < -0.3 is 0 Å². The molecule has 0 amide bonds. The van der Waals surface area contributed by atoms with Crippen LogP contribution in [0.1, 0.15) is 0 Å². The maximum absolute atomic E-state index is 4.62. The van der Waals surface area contributed by atoms with Crippen molar-refractivity contribution in [1.82, 2.24) is 3.97 Å². The van der Waals surface area contributed by atoms with E-state index < -0.39 is 0 Å². The molecule has 0 saturated carbocycles. The van der Waals surface area contributed by atoms with E-state index in [9.17, 15) is 0 Å². The van der Waals surface area contributed by atoms with Crippen LogP contribution in [0, 0.1) is 0 Å². The summed E-state index contributed by atoms with van der Waals surface area (Å²) >= 11 is 6.11. The molecule has 0 aliphatic carbocycles. The van der Waals surface area contributed by atoms with E-state index >= 15 is 0 Å². The number of hydrogen-bond acceptors (Lipinski definition) is 2. The summed E-state index contributed by atoms with van der Waals surface area (Å²) in [5.41, 5.74) is 0. The summed E-state index contributed by atoms with van der Waals surface area (Å²) in [5.74, 6) is 0. The van der Waals surface area contributed by atoms with Gasteiger partial charge in [0.25, 0.3) is 0 Å². The molecule has 42 valence electrons. The lowest BCUT2D eigenvalue weighted by atomic mass is 10.7. The van der Waals surface area contributed by atoms with Crippen LogP contribution in [0.25, 0.3) is 0 Å². The lowest BCUT2D eigenvalue weighted by molar-refractivity contribution is 1.30. The zero-order valence-corrected chi connectivity index (χ0v) is 5.78. The van der Waals surface area contributed by atoms with Crippen LogP contribution < -0.4 is 0 Å². The molecule has 0 unspecified atom stereocenters. The Morgan fingerprint density at radius 1 is 1.38 bits per heavy atom. The predicted molar refractivity (Wildman–Crippen MR) is 41.1 cm³/mol. The smallest absolute Gasteiger partial charge is 0.0559 e. The van der Waals surface area contributed by atoms with Gasteiger partial charge in [-0.1, -0.05) is 12.2 Å². The molecular weight excluding hydrogens is 138 g/mol. The van der Waals surface area contributed by atoms with Gasteiger partial charge in [0.15, 0.2) is 0 Å². The van der Waals surface area contributed by atoms with Crippen LogP contribution in [0.2, 0.25) is 0 Å². The molecule has 0 aliphatic heterocycles. The van der Waals surface area contributed by atoms with Crippen molar-refractivity contribution in [2.24, 2.45) is 0 Å². The Bertz CT molecular complexity index is 157. The molecule has 0 saturated heterocycles. The molecule has 1 aromatic heterocycles. The van der Waals surface area contributed by atoms with Crippen molar-refractivity contribution in [3.05, 3.63) is 24.5 Å². The van der Waals surface area contributed by atoms with Crippen molar-refractivity contribution < 1.29 is 0 Å². The van der Waals surface area contributed by atoms with Gasteiger partial charge in [-0.05, 0) is 24.1 Å². The molecule has 0 bridgehead atoms. The summed E-state index contributed by atoms with van der Waals surface area (Å²) in [5, 5.41) is 0. The van der Waals surface area contributed by atoms with E-state index in [1.807, 2.05) is 28.5 Å². The lowest BCUT2D eigenvalue weighted by Gasteiger charge is -1.88. The molecule has 0 radical (unpaired) electrons. The molecule has 0 atom stereocenters. The Hall–Kier alpha value is -0.280. The largest absolute Gasteiger partial charge is 0.295 e. The highest BCUT2D eigenvalue weighted by atomic mass is 32.2. The first-order valence-electron chi connectivity index (χ1n) is 2.17. The van der Waals surface area contributed by atoms with Gasteiger partial charge in [-0.2, -0.15) is 0 Å². The zero-order chi connectivity index (χ0) is 5.82. The molecule has 0 N–H and O–H groups in total. The van der Waals surface area contributed by atoms with Crippen molar-refractivity contribution in [2.45, 2.75) is 0 Å². The molecule has 1 aromatic rings. The van der Waals surface area contributed by atoms with Gasteiger partial charge in [-0.25, -0.2) is 0 Å². The predicted octanol–water partition coefficient (Wildman–Crippen LogP) is 1.94. The van der Waals surface area contributed by atoms with Crippen molar-refractivity contribution in [2.75, 3.05) is 0 Å². The van der Waals surface area contributed by atoms with E-state index in [1.165, 1.54) is 11.9 Å². The zero-order valence-electron chi connectivity index (χ0n) is 4.15. The minimum absolute atomic E-state index is 1.49. The van der Waals surface area contributed by atoms with Crippen LogP contribution in [0.15, 0.2) is 24.5 Å². The highest BCUT2D eigenvalue weighted by Crippen LogP contribution is 2.00. The first-order chi connectivity index (χ1) is 3.93. The van der Waals surface area contributed by atoms with Crippen LogP contribution >= 0.6 is 24.2 Å². The molecule has 0 aromatic carbocycles. The average Bonchev–Trinajstić information content (AvgIpc) is 2.19. The van der Waals surface area contributed by atoms with Crippen LogP contribution in [-0.2, 0) is 0 Å². The maximum atomic E-state index is 4.62. The van der Waals surface area contributed by atoms with Gasteiger partial charge in [0.05, 0.1) is 4.70 Å². The Morgan fingerprint density at radius 2 is 2.00 bits per heavy atom. The summed E-state index contributed by atoms with van der Waals surface area (Å²) in [6, 6.07) is 3.93. The molecule has 1 nitrogen and oxygen atoms in total. The van der Waals surface area contributed by atoms with E-state index in [0.29, 0.717) is 0 Å². The number of hydrogen-bond donors (Lipinski definition) is 0. The maximum Gasteiger partial charge on any atom is 0.0559 e. The molecule has 0 spiro atoms. The fourth-order valence-corrected chi connectivity index (χ4v) is 1.12. The fourth-order valence-electron chi connectivity index (χ4n) is 0.439. The lowest BCUT2D eigenvalue weighted by Crippen LogP contribution is -1.75. The molecule has 0 aliphatic rings. The summed E-state index contributed by atoms with van der Waals surface area (Å²) in [4.78, 5) is 0. The Labute approximate surface area is 57.8 Å². The van der Waals surface area contributed by atoms with Gasteiger partial charge >= 0.3 is 0 Å². The van der Waals surface area contributed by atoms with Crippen molar-refractivity contribution in [1.29, 1.82) is 0 Å². The monoisotopic (exact) mass is 143 g/mol. The molecule has 1 heterocycles. The molecular formula is C5H5NS2. The third-order valence-electron chi connectivity index (χ3n) is 0.742. The first kappa shape index (κ1) is 5.85. The van der Waals surface area contributed by atoms with Gasteiger partial charge in [-0.3, -0.25) is 3.97 Å². The summed E-state index contributed by atoms with van der Waals surface area (Å²) in [6.07, 6.45) is 3.90. The number of rotatable bonds is 2. The average molecular weight is 143 g/mol. The second-order valence-corrected chi connectivity index (χ2v) is 2.65. The minimum atomic E-state index is 1.49. The second-order valence-electron chi connectivity index (χ2n) is 1.24. The second kappa shape index (κ2) is 2.89. The normalized spacial score (nSPS) is 9.00. The van der Waals surface area contributed by atoms with E-state index in [1.54, 1.807) is 4.70 Å². The topological polar surface area (TPSA) is 4.93 Å². The fraction of sp³-hybridized carbons (Fsp3) is 0. The summed E-state index contributed by atoms with van der Waals surface area (Å²) in [6.45, 7) is 0. The van der Waals surface area contributed by atoms with E-state index in [4.69, 9.17) is 0 Å². The van der Waals surface area contributed by atoms with Gasteiger partial charge in [0.1, 0.15) is 0 Å². The van der Waals surface area contributed by atoms with Crippen LogP contribution in [0.5, 0.6) is 0 Å². The van der Waals surface area contributed by atoms with Crippen LogP contribution in [0.4, 0.5) is 0 Å². The highest BCUT2D eigenvalue weighted by Gasteiger charge is 1.80. The first-order valence-corrected chi connectivity index (χ1v) is 3.48. The molecule has 1 rings (SSSR count). The Morgan fingerprint density at radius 3 is 2.50 bits per heavy atom. The number of nitrogens with zero attached hydrogens (tertiary/aromatic N) is 1. The summed E-state index contributed by atoms with van der Waals surface area (Å²) in [7, 11) is 0. The number of aromatic nitrogens is 1. The molecule has 3 heteroatoms. The molecule has 0 fully saturated rings. The SMILES string of the molecule is S=CSn1cccc1. The van der Waals surface area contributed by atoms with Crippen molar-refractivity contribution in [3.63, 3.8) is 0 Å². The van der Waals surface area contributed by atoms with Gasteiger partial charge in [0.2, 0.25) is 0 Å². The van der Waals surface area contributed by atoms with Crippen LogP contribution in [0.3, 0.4) is 0 Å². The highest BCUT2D eigenvalue weighted by molar-refractivity contribution is 8.19. The van der Waals surface area contributed by atoms with Crippen molar-refractivity contribution in [3.8, 4) is 0 Å². The number of thiocarbonyl (C=S) groups is 1. The molecule has 8 heavy (non-hydrogen) atoms. The van der Waals surface area contributed by atoms with Gasteiger partial charge in [-0.15, -0.1) is 0 Å². The van der Waals surface area contributed by atoms with E-state index in [0.717, 1.165) is 0 Å².